The minimum absolute atomic E-state index is 0.0532. The van der Waals surface area contributed by atoms with Crippen LogP contribution in [0, 0.1) is 5.92 Å². The number of aromatic nitrogens is 4. The summed E-state index contributed by atoms with van der Waals surface area (Å²) in [6.07, 6.45) is -4.68. The lowest BCUT2D eigenvalue weighted by Crippen LogP contribution is -2.42. The molecule has 2 rings (SSSR count). The third-order valence-corrected chi connectivity index (χ3v) is 7.31. The van der Waals surface area contributed by atoms with Gasteiger partial charge in [-0.15, -0.1) is 0 Å². The van der Waals surface area contributed by atoms with Gasteiger partial charge in [0.15, 0.2) is 11.2 Å². The van der Waals surface area contributed by atoms with E-state index in [1.807, 2.05) is 13.8 Å². The van der Waals surface area contributed by atoms with Crippen LogP contribution in [0.25, 0.3) is 11.2 Å². The third-order valence-electron chi connectivity index (χ3n) is 5.74. The Hall–Kier alpha value is -3.12. The zero-order chi connectivity index (χ0) is 33.9. The van der Waals surface area contributed by atoms with Crippen LogP contribution in [-0.2, 0) is 44.1 Å². The molecule has 2 aromatic heterocycles. The number of aliphatic hydroxyl groups excluding tert-OH is 2. The molecule has 0 amide bonds. The van der Waals surface area contributed by atoms with Crippen LogP contribution in [0.15, 0.2) is 6.33 Å². The summed E-state index contributed by atoms with van der Waals surface area (Å²) in [6.45, 7) is 9.72. The Morgan fingerprint density at radius 1 is 1.04 bits per heavy atom. The average Bonchev–Trinajstić information content (AvgIpc) is 3.33. The number of esters is 1. The molecule has 0 aliphatic heterocycles. The van der Waals surface area contributed by atoms with E-state index in [1.165, 1.54) is 24.9 Å². The number of methoxy groups -OCH3 is 1. The molecule has 0 saturated heterocycles. The molecule has 0 aliphatic rings. The van der Waals surface area contributed by atoms with Gasteiger partial charge < -0.3 is 39.6 Å². The summed E-state index contributed by atoms with van der Waals surface area (Å²) in [7, 11) is -3.12. The molecule has 2 heterocycles. The Labute approximate surface area is 261 Å². The standard InChI is InChI=1S/C26H45N6O12P/c1-14(2)9-18(24(35)43-15(3)4)31-45(37,42-13-40-26(36)44-16(5)6)41-10-19(21(34)17(7)33)39-12-32-11-28-20-22(32)29-25(27)30-23(20)38-8/h11,14-19,21,33-34H,9-10,12-13H2,1-8H3,(H,31,37)(H2,27,29,30). The predicted molar refractivity (Wildman–Crippen MR) is 159 cm³/mol. The van der Waals surface area contributed by atoms with Crippen molar-refractivity contribution in [3.05, 3.63) is 6.33 Å². The van der Waals surface area contributed by atoms with Crippen LogP contribution >= 0.6 is 7.75 Å². The van der Waals surface area contributed by atoms with E-state index in [-0.39, 0.29) is 36.5 Å². The third kappa shape index (κ3) is 12.3. The molecule has 0 bridgehead atoms. The van der Waals surface area contributed by atoms with Crippen molar-refractivity contribution >= 4 is 37.0 Å². The van der Waals surface area contributed by atoms with Crippen molar-refractivity contribution in [3.8, 4) is 5.88 Å². The van der Waals surface area contributed by atoms with Gasteiger partial charge in [0.05, 0.1) is 38.4 Å². The molecule has 19 heteroatoms. The molecular weight excluding hydrogens is 619 g/mol. The van der Waals surface area contributed by atoms with Crippen LogP contribution in [0.3, 0.4) is 0 Å². The van der Waals surface area contributed by atoms with E-state index in [1.54, 1.807) is 27.7 Å². The summed E-state index contributed by atoms with van der Waals surface area (Å²) in [4.78, 5) is 37.0. The monoisotopic (exact) mass is 664 g/mol. The number of hydrogen-bond donors (Lipinski definition) is 4. The van der Waals surface area contributed by atoms with Gasteiger partial charge in [-0.25, -0.2) is 19.4 Å². The highest BCUT2D eigenvalue weighted by atomic mass is 31.2. The number of nitrogens with one attached hydrogen (secondary N) is 1. The molecule has 5 N–H and O–H groups in total. The molecule has 0 fully saturated rings. The van der Waals surface area contributed by atoms with Crippen LogP contribution in [0.1, 0.15) is 54.9 Å². The minimum atomic E-state index is -4.51. The van der Waals surface area contributed by atoms with E-state index >= 15 is 0 Å². The number of aliphatic hydroxyl groups is 2. The van der Waals surface area contributed by atoms with Crippen molar-refractivity contribution in [2.75, 3.05) is 26.2 Å². The number of carbonyl (C=O) groups is 2. The minimum Gasteiger partial charge on any atom is -0.479 e. The van der Waals surface area contributed by atoms with Gasteiger partial charge in [0.2, 0.25) is 18.6 Å². The summed E-state index contributed by atoms with van der Waals surface area (Å²) < 4.78 is 52.3. The normalized spacial score (nSPS) is 15.9. The molecule has 256 valence electrons. The van der Waals surface area contributed by atoms with Crippen molar-refractivity contribution in [2.24, 2.45) is 5.92 Å². The zero-order valence-corrected chi connectivity index (χ0v) is 27.6. The lowest BCUT2D eigenvalue weighted by atomic mass is 10.0. The summed E-state index contributed by atoms with van der Waals surface area (Å²) in [6, 6.07) is -1.15. The fourth-order valence-electron chi connectivity index (χ4n) is 3.74. The Balaban J connectivity index is 2.30. The van der Waals surface area contributed by atoms with Gasteiger partial charge in [-0.3, -0.25) is 18.4 Å². The van der Waals surface area contributed by atoms with Gasteiger partial charge in [0.1, 0.15) is 25.0 Å². The summed E-state index contributed by atoms with van der Waals surface area (Å²) >= 11 is 0. The van der Waals surface area contributed by atoms with Crippen LogP contribution in [-0.4, -0.2) is 98.9 Å². The molecule has 0 spiro atoms. The number of nitrogens with two attached hydrogens (primary N) is 1. The van der Waals surface area contributed by atoms with Gasteiger partial charge in [0, 0.05) is 0 Å². The number of nitrogens with zero attached hydrogens (tertiary/aromatic N) is 4. The molecule has 0 saturated carbocycles. The van der Waals surface area contributed by atoms with Crippen LogP contribution in [0.5, 0.6) is 5.88 Å². The van der Waals surface area contributed by atoms with Crippen molar-refractivity contribution in [1.82, 2.24) is 24.6 Å². The summed E-state index contributed by atoms with van der Waals surface area (Å²) in [5.74, 6) is -0.717. The number of fused-ring (bicyclic) bond motifs is 1. The van der Waals surface area contributed by atoms with Gasteiger partial charge in [-0.1, -0.05) is 13.8 Å². The molecule has 0 radical (unpaired) electrons. The zero-order valence-electron chi connectivity index (χ0n) is 26.7. The average molecular weight is 665 g/mol. The van der Waals surface area contributed by atoms with E-state index in [0.29, 0.717) is 5.52 Å². The molecule has 0 aliphatic carbocycles. The number of nitrogen functional groups attached to an aromatic ring is 1. The second-order valence-corrected chi connectivity index (χ2v) is 12.7. The van der Waals surface area contributed by atoms with Crippen molar-refractivity contribution in [2.45, 2.75) is 98.2 Å². The van der Waals surface area contributed by atoms with Crippen molar-refractivity contribution in [3.63, 3.8) is 0 Å². The molecular formula is C26H45N6O12P. The first-order valence-corrected chi connectivity index (χ1v) is 15.8. The Bertz CT molecular complexity index is 1290. The Kier molecular flexibility index (Phi) is 14.8. The number of imidazole rings is 1. The van der Waals surface area contributed by atoms with E-state index < -0.39 is 69.8 Å². The lowest BCUT2D eigenvalue weighted by Gasteiger charge is -2.29. The highest BCUT2D eigenvalue weighted by Gasteiger charge is 2.37. The van der Waals surface area contributed by atoms with E-state index in [0.717, 1.165) is 0 Å². The molecule has 18 nitrogen and oxygen atoms in total. The Morgan fingerprint density at radius 2 is 1.71 bits per heavy atom. The largest absolute Gasteiger partial charge is 0.510 e. The van der Waals surface area contributed by atoms with Gasteiger partial charge in [-0.05, 0) is 47.0 Å². The maximum atomic E-state index is 14.0. The van der Waals surface area contributed by atoms with E-state index in [9.17, 15) is 24.4 Å². The number of hydrogen-bond acceptors (Lipinski definition) is 16. The molecule has 2 aromatic rings. The molecule has 0 aromatic carbocycles. The quantitative estimate of drug-likeness (QED) is 0.0955. The van der Waals surface area contributed by atoms with Crippen LogP contribution in [0.2, 0.25) is 0 Å². The number of carbonyl (C=O) groups excluding carboxylic acids is 2. The summed E-state index contributed by atoms with van der Waals surface area (Å²) in [5, 5.41) is 23.4. The van der Waals surface area contributed by atoms with Gasteiger partial charge in [0.25, 0.3) is 0 Å². The number of anilines is 1. The second-order valence-electron chi connectivity index (χ2n) is 10.9. The maximum Gasteiger partial charge on any atom is 0.510 e. The maximum absolute atomic E-state index is 14.0. The van der Waals surface area contributed by atoms with E-state index in [4.69, 9.17) is 38.5 Å². The van der Waals surface area contributed by atoms with Crippen molar-refractivity contribution < 1.29 is 57.1 Å². The molecule has 5 atom stereocenters. The molecule has 45 heavy (non-hydrogen) atoms. The highest BCUT2D eigenvalue weighted by molar-refractivity contribution is 7.51. The highest BCUT2D eigenvalue weighted by Crippen LogP contribution is 2.45. The fraction of sp³-hybridized carbons (Fsp3) is 0.731. The van der Waals surface area contributed by atoms with E-state index in [2.05, 4.69) is 20.0 Å². The van der Waals surface area contributed by atoms with Crippen LogP contribution in [0.4, 0.5) is 10.7 Å². The second kappa shape index (κ2) is 17.5. The fourth-order valence-corrected chi connectivity index (χ4v) is 5.09. The predicted octanol–water partition coefficient (Wildman–Crippen LogP) is 2.12. The summed E-state index contributed by atoms with van der Waals surface area (Å²) in [5.41, 5.74) is 6.32. The van der Waals surface area contributed by atoms with Crippen LogP contribution < -0.4 is 15.6 Å². The topological polar surface area (TPSA) is 238 Å². The smallest absolute Gasteiger partial charge is 0.479 e. The van der Waals surface area contributed by atoms with Gasteiger partial charge in [-0.2, -0.15) is 9.97 Å². The first-order chi connectivity index (χ1) is 21.0. The van der Waals surface area contributed by atoms with Gasteiger partial charge >= 0.3 is 19.9 Å². The molecule has 5 unspecified atom stereocenters. The lowest BCUT2D eigenvalue weighted by molar-refractivity contribution is -0.150. The SMILES string of the molecule is COc1nc(N)nc2c1ncn2COC(COP(=O)(NC(CC(C)C)C(=O)OC(C)C)OCOC(=O)OC(C)C)C(O)C(C)O. The Morgan fingerprint density at radius 3 is 2.29 bits per heavy atom. The number of ether oxygens (including phenoxy) is 5. The number of rotatable bonds is 19. The first kappa shape index (κ1) is 38.1. The first-order valence-electron chi connectivity index (χ1n) is 14.3. The van der Waals surface area contributed by atoms with Crippen molar-refractivity contribution in [1.29, 1.82) is 0 Å².